The zero-order valence-corrected chi connectivity index (χ0v) is 10.9. The fourth-order valence-corrected chi connectivity index (χ4v) is 1.84. The Morgan fingerprint density at radius 1 is 1.39 bits per heavy atom. The average Bonchev–Trinajstić information content (AvgIpc) is 2.38. The van der Waals surface area contributed by atoms with E-state index in [9.17, 15) is 4.39 Å². The van der Waals surface area contributed by atoms with Crippen LogP contribution in [0.4, 0.5) is 4.39 Å². The monoisotopic (exact) mass is 256 g/mol. The summed E-state index contributed by atoms with van der Waals surface area (Å²) >= 11 is 0. The summed E-state index contributed by atoms with van der Waals surface area (Å²) in [4.78, 5) is 0. The first-order chi connectivity index (χ1) is 8.71. The quantitative estimate of drug-likeness (QED) is 0.422. The smallest absolute Gasteiger partial charge is 0.165 e. The van der Waals surface area contributed by atoms with Gasteiger partial charge in [0.05, 0.1) is 7.11 Å². The van der Waals surface area contributed by atoms with Gasteiger partial charge >= 0.3 is 0 Å². The average molecular weight is 256 g/mol. The Labute approximate surface area is 107 Å². The van der Waals surface area contributed by atoms with E-state index in [0.717, 1.165) is 18.4 Å². The molecule has 0 heterocycles. The minimum absolute atomic E-state index is 0.118. The van der Waals surface area contributed by atoms with E-state index in [-0.39, 0.29) is 17.6 Å². The second kappa shape index (κ2) is 8.02. The number of halogens is 1. The number of rotatable bonds is 8. The third-order valence-corrected chi connectivity index (χ3v) is 2.84. The van der Waals surface area contributed by atoms with Crippen molar-refractivity contribution in [2.75, 3.05) is 20.8 Å². The third kappa shape index (κ3) is 4.60. The van der Waals surface area contributed by atoms with Crippen LogP contribution >= 0.6 is 0 Å². The van der Waals surface area contributed by atoms with Gasteiger partial charge in [0, 0.05) is 19.8 Å². The number of methoxy groups -OCH3 is 2. The van der Waals surface area contributed by atoms with Crippen molar-refractivity contribution in [3.05, 3.63) is 29.6 Å². The maximum absolute atomic E-state index is 13.5. The zero-order chi connectivity index (χ0) is 13.4. The summed E-state index contributed by atoms with van der Waals surface area (Å²) in [6, 6.07) is 5.09. The lowest BCUT2D eigenvalue weighted by Gasteiger charge is -2.16. The fraction of sp³-hybridized carbons (Fsp3) is 0.538. The van der Waals surface area contributed by atoms with E-state index < -0.39 is 0 Å². The first-order valence-electron chi connectivity index (χ1n) is 5.98. The van der Waals surface area contributed by atoms with Gasteiger partial charge < -0.3 is 9.47 Å². The van der Waals surface area contributed by atoms with Crippen LogP contribution in [-0.4, -0.2) is 26.9 Å². The van der Waals surface area contributed by atoms with Gasteiger partial charge in [-0.25, -0.2) is 4.39 Å². The molecule has 0 radical (unpaired) electrons. The summed E-state index contributed by atoms with van der Waals surface area (Å²) in [6.45, 7) is 0.704. The molecule has 0 saturated heterocycles. The fourth-order valence-electron chi connectivity index (χ4n) is 1.84. The lowest BCUT2D eigenvalue weighted by Crippen LogP contribution is -2.36. The van der Waals surface area contributed by atoms with E-state index in [4.69, 9.17) is 15.3 Å². The molecule has 5 heteroatoms. The summed E-state index contributed by atoms with van der Waals surface area (Å²) in [5, 5.41) is 0. The molecule has 0 spiro atoms. The molecule has 0 fully saturated rings. The minimum Gasteiger partial charge on any atom is -0.494 e. The SMILES string of the molecule is COCCCC(Cc1ccc(OC)c(F)c1)NN. The summed E-state index contributed by atoms with van der Waals surface area (Å²) in [5.74, 6) is 5.40. The summed E-state index contributed by atoms with van der Waals surface area (Å²) < 4.78 is 23.4. The Morgan fingerprint density at radius 2 is 2.17 bits per heavy atom. The molecule has 0 aliphatic carbocycles. The third-order valence-electron chi connectivity index (χ3n) is 2.84. The molecule has 4 nitrogen and oxygen atoms in total. The van der Waals surface area contributed by atoms with Gasteiger partial charge in [-0.2, -0.15) is 0 Å². The molecule has 102 valence electrons. The van der Waals surface area contributed by atoms with Crippen LogP contribution in [0.2, 0.25) is 0 Å². The summed E-state index contributed by atoms with van der Waals surface area (Å²) in [6.07, 6.45) is 2.49. The molecular formula is C13H21FN2O2. The van der Waals surface area contributed by atoms with Gasteiger partial charge in [0.25, 0.3) is 0 Å². The van der Waals surface area contributed by atoms with E-state index in [1.165, 1.54) is 13.2 Å². The number of hydrazine groups is 1. The van der Waals surface area contributed by atoms with Gasteiger partial charge in [-0.15, -0.1) is 0 Å². The molecule has 1 rings (SSSR count). The van der Waals surface area contributed by atoms with Crippen molar-refractivity contribution in [3.8, 4) is 5.75 Å². The number of nitrogens with two attached hydrogens (primary N) is 1. The van der Waals surface area contributed by atoms with Gasteiger partial charge in [0.2, 0.25) is 0 Å². The van der Waals surface area contributed by atoms with Crippen molar-refractivity contribution in [1.29, 1.82) is 0 Å². The highest BCUT2D eigenvalue weighted by atomic mass is 19.1. The molecule has 0 bridgehead atoms. The Bertz CT molecular complexity index is 361. The highest BCUT2D eigenvalue weighted by molar-refractivity contribution is 5.29. The lowest BCUT2D eigenvalue weighted by atomic mass is 10.0. The number of benzene rings is 1. The van der Waals surface area contributed by atoms with Crippen molar-refractivity contribution in [3.63, 3.8) is 0 Å². The summed E-state index contributed by atoms with van der Waals surface area (Å²) in [7, 11) is 3.12. The largest absolute Gasteiger partial charge is 0.494 e. The van der Waals surface area contributed by atoms with Gasteiger partial charge in [-0.05, 0) is 37.0 Å². The number of hydrogen-bond acceptors (Lipinski definition) is 4. The molecule has 3 N–H and O–H groups in total. The van der Waals surface area contributed by atoms with Crippen LogP contribution in [0.15, 0.2) is 18.2 Å². The Kier molecular flexibility index (Phi) is 6.64. The van der Waals surface area contributed by atoms with Crippen molar-refractivity contribution < 1.29 is 13.9 Å². The molecule has 0 amide bonds. The normalized spacial score (nSPS) is 12.4. The Hall–Kier alpha value is -1.17. The number of nitrogens with one attached hydrogen (secondary N) is 1. The molecule has 1 unspecified atom stereocenters. The second-order valence-electron chi connectivity index (χ2n) is 4.17. The maximum atomic E-state index is 13.5. The maximum Gasteiger partial charge on any atom is 0.165 e. The van der Waals surface area contributed by atoms with E-state index in [1.54, 1.807) is 13.2 Å². The van der Waals surface area contributed by atoms with Crippen molar-refractivity contribution in [2.24, 2.45) is 5.84 Å². The van der Waals surface area contributed by atoms with Crippen LogP contribution in [0, 0.1) is 5.82 Å². The van der Waals surface area contributed by atoms with Gasteiger partial charge in [-0.1, -0.05) is 6.07 Å². The molecule has 18 heavy (non-hydrogen) atoms. The Balaban J connectivity index is 2.55. The molecule has 1 atom stereocenters. The van der Waals surface area contributed by atoms with Crippen LogP contribution < -0.4 is 16.0 Å². The number of hydrogen-bond donors (Lipinski definition) is 2. The van der Waals surface area contributed by atoms with Crippen LogP contribution in [-0.2, 0) is 11.2 Å². The zero-order valence-electron chi connectivity index (χ0n) is 10.9. The van der Waals surface area contributed by atoms with E-state index in [1.807, 2.05) is 6.07 Å². The van der Waals surface area contributed by atoms with Crippen LogP contribution in [0.5, 0.6) is 5.75 Å². The van der Waals surface area contributed by atoms with Crippen LogP contribution in [0.25, 0.3) is 0 Å². The van der Waals surface area contributed by atoms with Crippen molar-refractivity contribution in [1.82, 2.24) is 5.43 Å². The summed E-state index contributed by atoms with van der Waals surface area (Å²) in [5.41, 5.74) is 3.65. The minimum atomic E-state index is -0.345. The van der Waals surface area contributed by atoms with Crippen LogP contribution in [0.3, 0.4) is 0 Å². The molecule has 1 aromatic carbocycles. The highest BCUT2D eigenvalue weighted by Crippen LogP contribution is 2.19. The first-order valence-corrected chi connectivity index (χ1v) is 5.98. The van der Waals surface area contributed by atoms with Gasteiger partial charge in [0.15, 0.2) is 11.6 Å². The lowest BCUT2D eigenvalue weighted by molar-refractivity contribution is 0.188. The molecule has 0 aromatic heterocycles. The van der Waals surface area contributed by atoms with Crippen LogP contribution in [0.1, 0.15) is 18.4 Å². The molecular weight excluding hydrogens is 235 g/mol. The molecule has 0 aliphatic rings. The van der Waals surface area contributed by atoms with Crippen molar-refractivity contribution >= 4 is 0 Å². The molecule has 0 saturated carbocycles. The van der Waals surface area contributed by atoms with Crippen molar-refractivity contribution in [2.45, 2.75) is 25.3 Å². The molecule has 0 aliphatic heterocycles. The first kappa shape index (κ1) is 14.9. The Morgan fingerprint density at radius 3 is 2.72 bits per heavy atom. The second-order valence-corrected chi connectivity index (χ2v) is 4.17. The predicted octanol–water partition coefficient (Wildman–Crippen LogP) is 1.64. The van der Waals surface area contributed by atoms with Gasteiger partial charge in [0.1, 0.15) is 0 Å². The van der Waals surface area contributed by atoms with Gasteiger partial charge in [-0.3, -0.25) is 11.3 Å². The van der Waals surface area contributed by atoms with E-state index in [0.29, 0.717) is 13.0 Å². The topological polar surface area (TPSA) is 56.5 Å². The van der Waals surface area contributed by atoms with E-state index in [2.05, 4.69) is 5.43 Å². The molecule has 1 aromatic rings. The predicted molar refractivity (Wildman–Crippen MR) is 68.9 cm³/mol. The number of ether oxygens (including phenoxy) is 2. The standard InChI is InChI=1S/C13H21FN2O2/c1-17-7-3-4-11(16-15)8-10-5-6-13(18-2)12(14)9-10/h5-6,9,11,16H,3-4,7-8,15H2,1-2H3. The van der Waals surface area contributed by atoms with E-state index >= 15 is 0 Å². The highest BCUT2D eigenvalue weighted by Gasteiger charge is 2.10.